The highest BCUT2D eigenvalue weighted by Gasteiger charge is 2.24. The molecule has 1 aromatic rings. The summed E-state index contributed by atoms with van der Waals surface area (Å²) in [5.41, 5.74) is 0. The highest BCUT2D eigenvalue weighted by atomic mass is 32.1. The third-order valence-electron chi connectivity index (χ3n) is 3.72. The number of piperidine rings is 1. The summed E-state index contributed by atoms with van der Waals surface area (Å²) in [6.45, 7) is 3.74. The van der Waals surface area contributed by atoms with Crippen LogP contribution < -0.4 is 0 Å². The highest BCUT2D eigenvalue weighted by Crippen LogP contribution is 2.24. The second-order valence-electron chi connectivity index (χ2n) is 5.07. The Kier molecular flexibility index (Phi) is 5.59. The molecule has 0 bridgehead atoms. The number of thiophene rings is 1. The maximum absolute atomic E-state index is 11.9. The van der Waals surface area contributed by atoms with E-state index in [9.17, 15) is 9.59 Å². The zero-order valence-electron chi connectivity index (χ0n) is 11.8. The molecule has 0 saturated carbocycles. The molecule has 2 heterocycles. The van der Waals surface area contributed by atoms with Crippen molar-refractivity contribution in [2.75, 3.05) is 19.7 Å². The zero-order valence-corrected chi connectivity index (χ0v) is 12.7. The van der Waals surface area contributed by atoms with Gasteiger partial charge in [-0.3, -0.25) is 4.79 Å². The molecule has 1 aromatic heterocycles. The number of carbonyl (C=O) groups is 2. The Morgan fingerprint density at radius 3 is 2.75 bits per heavy atom. The second-order valence-corrected chi connectivity index (χ2v) is 6.02. The SMILES string of the molecule is CCOC(=O)N1CCC(CCC(=O)c2cccs2)CC1. The van der Waals surface area contributed by atoms with E-state index in [1.165, 1.54) is 11.3 Å². The Labute approximate surface area is 123 Å². The molecule has 5 heteroatoms. The first-order valence-electron chi connectivity index (χ1n) is 7.19. The minimum atomic E-state index is -0.208. The van der Waals surface area contributed by atoms with Gasteiger partial charge in [0.2, 0.25) is 0 Å². The molecule has 2 rings (SSSR count). The van der Waals surface area contributed by atoms with Gasteiger partial charge in [-0.1, -0.05) is 6.07 Å². The van der Waals surface area contributed by atoms with Gasteiger partial charge in [-0.2, -0.15) is 0 Å². The molecule has 4 nitrogen and oxygen atoms in total. The van der Waals surface area contributed by atoms with Crippen LogP contribution in [0.25, 0.3) is 0 Å². The molecule has 1 aliphatic heterocycles. The van der Waals surface area contributed by atoms with Gasteiger partial charge in [0.1, 0.15) is 0 Å². The van der Waals surface area contributed by atoms with Gasteiger partial charge in [0.05, 0.1) is 11.5 Å². The van der Waals surface area contributed by atoms with Crippen molar-refractivity contribution in [2.24, 2.45) is 5.92 Å². The predicted molar refractivity (Wildman–Crippen MR) is 79.2 cm³/mol. The van der Waals surface area contributed by atoms with Gasteiger partial charge in [0.25, 0.3) is 0 Å². The summed E-state index contributed by atoms with van der Waals surface area (Å²) in [6.07, 6.45) is 3.27. The van der Waals surface area contributed by atoms with Gasteiger partial charge in [0, 0.05) is 19.5 Å². The molecule has 0 radical (unpaired) electrons. The van der Waals surface area contributed by atoms with Gasteiger partial charge < -0.3 is 9.64 Å². The number of hydrogen-bond donors (Lipinski definition) is 0. The fourth-order valence-electron chi connectivity index (χ4n) is 2.51. The van der Waals surface area contributed by atoms with Gasteiger partial charge in [-0.05, 0) is 43.6 Å². The lowest BCUT2D eigenvalue weighted by Gasteiger charge is -2.31. The number of rotatable bonds is 5. The van der Waals surface area contributed by atoms with Crippen molar-refractivity contribution in [3.63, 3.8) is 0 Å². The molecule has 0 aromatic carbocycles. The summed E-state index contributed by atoms with van der Waals surface area (Å²) in [5.74, 6) is 0.789. The van der Waals surface area contributed by atoms with Crippen LogP contribution in [0.5, 0.6) is 0 Å². The largest absolute Gasteiger partial charge is 0.450 e. The molecule has 0 N–H and O–H groups in total. The van der Waals surface area contributed by atoms with E-state index >= 15 is 0 Å². The van der Waals surface area contributed by atoms with Crippen LogP contribution in [0.15, 0.2) is 17.5 Å². The Bertz CT molecular complexity index is 436. The summed E-state index contributed by atoms with van der Waals surface area (Å²) in [4.78, 5) is 26.1. The molecule has 1 saturated heterocycles. The van der Waals surface area contributed by atoms with Crippen LogP contribution in [0.3, 0.4) is 0 Å². The van der Waals surface area contributed by atoms with Crippen molar-refractivity contribution in [1.82, 2.24) is 4.90 Å². The molecule has 1 fully saturated rings. The number of Topliss-reactive ketones (excluding diaryl/α,β-unsaturated/α-hetero) is 1. The summed E-state index contributed by atoms with van der Waals surface area (Å²) >= 11 is 1.51. The van der Waals surface area contributed by atoms with Crippen LogP contribution in [-0.2, 0) is 4.74 Å². The van der Waals surface area contributed by atoms with Crippen LogP contribution in [-0.4, -0.2) is 36.5 Å². The third kappa shape index (κ3) is 4.07. The Morgan fingerprint density at radius 1 is 1.40 bits per heavy atom. The first-order chi connectivity index (χ1) is 9.70. The van der Waals surface area contributed by atoms with Crippen molar-refractivity contribution in [3.05, 3.63) is 22.4 Å². The van der Waals surface area contributed by atoms with Crippen LogP contribution in [0, 0.1) is 5.92 Å². The number of amides is 1. The summed E-state index contributed by atoms with van der Waals surface area (Å²) in [5, 5.41) is 1.94. The van der Waals surface area contributed by atoms with Gasteiger partial charge in [0.15, 0.2) is 5.78 Å². The van der Waals surface area contributed by atoms with E-state index in [0.717, 1.165) is 37.2 Å². The molecule has 20 heavy (non-hydrogen) atoms. The van der Waals surface area contributed by atoms with Crippen LogP contribution in [0.1, 0.15) is 42.3 Å². The van der Waals surface area contributed by atoms with E-state index in [1.807, 2.05) is 24.4 Å². The minimum Gasteiger partial charge on any atom is -0.450 e. The average Bonchev–Trinajstić information content (AvgIpc) is 3.00. The third-order valence-corrected chi connectivity index (χ3v) is 4.63. The van der Waals surface area contributed by atoms with Gasteiger partial charge in [-0.15, -0.1) is 11.3 Å². The lowest BCUT2D eigenvalue weighted by Crippen LogP contribution is -2.38. The molecule has 110 valence electrons. The van der Waals surface area contributed by atoms with E-state index in [2.05, 4.69) is 0 Å². The molecule has 0 atom stereocenters. The Balaban J connectivity index is 1.69. The lowest BCUT2D eigenvalue weighted by molar-refractivity contribution is 0.0873. The van der Waals surface area contributed by atoms with Gasteiger partial charge in [-0.25, -0.2) is 4.79 Å². The highest BCUT2D eigenvalue weighted by molar-refractivity contribution is 7.12. The lowest BCUT2D eigenvalue weighted by atomic mass is 9.91. The van der Waals surface area contributed by atoms with Crippen molar-refractivity contribution in [2.45, 2.75) is 32.6 Å². The fourth-order valence-corrected chi connectivity index (χ4v) is 3.21. The molecule has 0 aliphatic carbocycles. The molecule has 0 spiro atoms. The Morgan fingerprint density at radius 2 is 2.15 bits per heavy atom. The fraction of sp³-hybridized carbons (Fsp3) is 0.600. The Hall–Kier alpha value is -1.36. The van der Waals surface area contributed by atoms with Crippen molar-refractivity contribution in [3.8, 4) is 0 Å². The van der Waals surface area contributed by atoms with E-state index in [1.54, 1.807) is 4.90 Å². The quantitative estimate of drug-likeness (QED) is 0.780. The number of ketones is 1. The number of nitrogens with zero attached hydrogens (tertiary/aromatic N) is 1. The first-order valence-corrected chi connectivity index (χ1v) is 8.07. The number of carbonyl (C=O) groups excluding carboxylic acids is 2. The summed E-state index contributed by atoms with van der Waals surface area (Å²) < 4.78 is 5.00. The van der Waals surface area contributed by atoms with Crippen LogP contribution in [0.4, 0.5) is 4.79 Å². The minimum absolute atomic E-state index is 0.208. The maximum atomic E-state index is 11.9. The number of ether oxygens (including phenoxy) is 1. The molecular formula is C15H21NO3S. The van der Waals surface area contributed by atoms with E-state index in [0.29, 0.717) is 18.9 Å². The average molecular weight is 295 g/mol. The molecule has 1 amide bonds. The zero-order chi connectivity index (χ0) is 14.4. The summed E-state index contributed by atoms with van der Waals surface area (Å²) in [7, 11) is 0. The van der Waals surface area contributed by atoms with E-state index in [-0.39, 0.29) is 11.9 Å². The second kappa shape index (κ2) is 7.43. The van der Waals surface area contributed by atoms with Crippen molar-refractivity contribution in [1.29, 1.82) is 0 Å². The molecule has 0 unspecified atom stereocenters. The van der Waals surface area contributed by atoms with E-state index < -0.39 is 0 Å². The van der Waals surface area contributed by atoms with Crippen molar-refractivity contribution < 1.29 is 14.3 Å². The van der Waals surface area contributed by atoms with Gasteiger partial charge >= 0.3 is 6.09 Å². The molecular weight excluding hydrogens is 274 g/mol. The normalized spacial score (nSPS) is 16.1. The van der Waals surface area contributed by atoms with Crippen molar-refractivity contribution >= 4 is 23.2 Å². The predicted octanol–water partition coefficient (Wildman–Crippen LogP) is 3.58. The smallest absolute Gasteiger partial charge is 0.409 e. The first kappa shape index (κ1) is 15.0. The topological polar surface area (TPSA) is 46.6 Å². The molecule has 1 aliphatic rings. The van der Waals surface area contributed by atoms with E-state index in [4.69, 9.17) is 4.74 Å². The maximum Gasteiger partial charge on any atom is 0.409 e. The number of hydrogen-bond acceptors (Lipinski definition) is 4. The van der Waals surface area contributed by atoms with Crippen LogP contribution in [0.2, 0.25) is 0 Å². The standard InChI is InChI=1S/C15H21NO3S/c1-2-19-15(18)16-9-7-12(8-10-16)5-6-13(17)14-4-3-11-20-14/h3-4,11-12H,2,5-10H2,1H3. The summed E-state index contributed by atoms with van der Waals surface area (Å²) in [6, 6.07) is 3.80. The number of likely N-dealkylation sites (tertiary alicyclic amines) is 1. The van der Waals surface area contributed by atoms with Crippen LogP contribution >= 0.6 is 11.3 Å². The monoisotopic (exact) mass is 295 g/mol.